The van der Waals surface area contributed by atoms with Crippen molar-refractivity contribution >= 4 is 5.78 Å². The number of hydrogen-bond acceptors (Lipinski definition) is 2. The molecule has 58 valence electrons. The average Bonchev–Trinajstić information content (AvgIpc) is 2.44. The fourth-order valence-corrected chi connectivity index (χ4v) is 1.14. The molecule has 2 aromatic rings. The molecule has 0 unspecified atom stereocenters. The first-order chi connectivity index (χ1) is 5.83. The van der Waals surface area contributed by atoms with Gasteiger partial charge in [-0.2, -0.15) is 0 Å². The van der Waals surface area contributed by atoms with Gasteiger partial charge in [-0.25, -0.2) is 9.97 Å². The van der Waals surface area contributed by atoms with Crippen molar-refractivity contribution in [2.75, 3.05) is 0 Å². The Bertz CT molecular complexity index is 462. The summed E-state index contributed by atoms with van der Waals surface area (Å²) in [7, 11) is 0. The molecule has 2 heterocycles. The van der Waals surface area contributed by atoms with Gasteiger partial charge in [-0.1, -0.05) is 0 Å². The minimum atomic E-state index is 0.656. The first-order valence-electron chi connectivity index (χ1n) is 3.59. The smallest absolute Gasteiger partial charge is 0.235 e. The molecule has 0 aromatic carbocycles. The maximum absolute atomic E-state index is 5.26. The van der Waals surface area contributed by atoms with E-state index in [1.807, 2.05) is 23.6 Å². The highest BCUT2D eigenvalue weighted by Crippen LogP contribution is 2.07. The first-order valence-corrected chi connectivity index (χ1v) is 3.59. The number of fused-ring (bicyclic) bond motifs is 1. The van der Waals surface area contributed by atoms with E-state index in [1.165, 1.54) is 0 Å². The van der Waals surface area contributed by atoms with E-state index in [9.17, 15) is 0 Å². The zero-order chi connectivity index (χ0) is 8.55. The van der Waals surface area contributed by atoms with Crippen molar-refractivity contribution in [3.8, 4) is 12.3 Å². The number of rotatable bonds is 0. The van der Waals surface area contributed by atoms with Gasteiger partial charge >= 0.3 is 0 Å². The van der Waals surface area contributed by atoms with Gasteiger partial charge in [0.05, 0.1) is 5.69 Å². The van der Waals surface area contributed by atoms with Crippen LogP contribution in [0.25, 0.3) is 5.78 Å². The van der Waals surface area contributed by atoms with E-state index in [4.69, 9.17) is 6.42 Å². The van der Waals surface area contributed by atoms with Crippen molar-refractivity contribution in [2.24, 2.45) is 0 Å². The third kappa shape index (κ3) is 0.785. The maximum atomic E-state index is 5.26. The monoisotopic (exact) mass is 157 g/mol. The molecule has 2 rings (SSSR count). The molecule has 3 heteroatoms. The van der Waals surface area contributed by atoms with Crippen molar-refractivity contribution in [1.82, 2.24) is 14.4 Å². The summed E-state index contributed by atoms with van der Waals surface area (Å²) in [5.41, 5.74) is 1.62. The van der Waals surface area contributed by atoms with Crippen molar-refractivity contribution in [1.29, 1.82) is 0 Å². The molecule has 0 saturated heterocycles. The lowest BCUT2D eigenvalue weighted by Crippen LogP contribution is -1.87. The van der Waals surface area contributed by atoms with E-state index < -0.39 is 0 Å². The van der Waals surface area contributed by atoms with Crippen LogP contribution in [-0.4, -0.2) is 14.4 Å². The molecule has 0 aliphatic rings. The molecule has 0 aliphatic carbocycles. The van der Waals surface area contributed by atoms with Crippen LogP contribution in [-0.2, 0) is 0 Å². The Morgan fingerprint density at radius 2 is 2.42 bits per heavy atom. The molecule has 0 radical (unpaired) electrons. The van der Waals surface area contributed by atoms with Gasteiger partial charge in [0.2, 0.25) is 5.78 Å². The van der Waals surface area contributed by atoms with Crippen molar-refractivity contribution < 1.29 is 0 Å². The number of imidazole rings is 1. The summed E-state index contributed by atoms with van der Waals surface area (Å²) in [5.74, 6) is 3.17. The van der Waals surface area contributed by atoms with E-state index in [0.29, 0.717) is 11.5 Å². The molecule has 0 amide bonds. The molecule has 0 spiro atoms. The summed E-state index contributed by atoms with van der Waals surface area (Å²) in [6.45, 7) is 1.93. The number of aryl methyl sites for hydroxylation is 1. The molecule has 0 N–H and O–H groups in total. The SMILES string of the molecule is C#Cc1nc2ncccn2c1C. The standard InChI is InChI=1S/C9H7N3/c1-3-8-7(2)12-6-4-5-10-9(12)11-8/h1,4-6H,2H3. The Morgan fingerprint density at radius 1 is 1.58 bits per heavy atom. The summed E-state index contributed by atoms with van der Waals surface area (Å²) in [4.78, 5) is 8.21. The fourth-order valence-electron chi connectivity index (χ4n) is 1.14. The van der Waals surface area contributed by atoms with Crippen LogP contribution < -0.4 is 0 Å². The summed E-state index contributed by atoms with van der Waals surface area (Å²) < 4.78 is 1.87. The molecule has 12 heavy (non-hydrogen) atoms. The normalized spacial score (nSPS) is 10.0. The lowest BCUT2D eigenvalue weighted by atomic mass is 10.4. The molecule has 0 atom stereocenters. The predicted octanol–water partition coefficient (Wildman–Crippen LogP) is 1.02. The van der Waals surface area contributed by atoms with Gasteiger partial charge in [0.25, 0.3) is 0 Å². The zero-order valence-corrected chi connectivity index (χ0v) is 6.65. The molecule has 0 fully saturated rings. The second kappa shape index (κ2) is 2.35. The second-order valence-electron chi connectivity index (χ2n) is 2.48. The first kappa shape index (κ1) is 6.86. The quantitative estimate of drug-likeness (QED) is 0.534. The van der Waals surface area contributed by atoms with Crippen LogP contribution in [0.2, 0.25) is 0 Å². The molecule has 0 saturated carbocycles. The minimum Gasteiger partial charge on any atom is -0.287 e. The van der Waals surface area contributed by atoms with E-state index in [2.05, 4.69) is 15.9 Å². The molecule has 0 bridgehead atoms. The highest BCUT2D eigenvalue weighted by atomic mass is 15.1. The van der Waals surface area contributed by atoms with E-state index in [1.54, 1.807) is 6.20 Å². The van der Waals surface area contributed by atoms with Gasteiger partial charge in [0.1, 0.15) is 5.69 Å². The Kier molecular flexibility index (Phi) is 1.34. The van der Waals surface area contributed by atoms with Crippen LogP contribution >= 0.6 is 0 Å². The second-order valence-corrected chi connectivity index (χ2v) is 2.48. The number of aromatic nitrogens is 3. The summed E-state index contributed by atoms with van der Waals surface area (Å²) >= 11 is 0. The number of terminal acetylenes is 1. The van der Waals surface area contributed by atoms with Crippen molar-refractivity contribution in [2.45, 2.75) is 6.92 Å². The molecular weight excluding hydrogens is 150 g/mol. The molecule has 0 aliphatic heterocycles. The number of nitrogens with zero attached hydrogens (tertiary/aromatic N) is 3. The minimum absolute atomic E-state index is 0.656. The highest BCUT2D eigenvalue weighted by molar-refractivity contribution is 5.41. The molecule has 2 aromatic heterocycles. The molecule has 3 nitrogen and oxygen atoms in total. The summed E-state index contributed by atoms with van der Waals surface area (Å²) in [6, 6.07) is 1.85. The largest absolute Gasteiger partial charge is 0.287 e. The van der Waals surface area contributed by atoms with Gasteiger partial charge in [-0.3, -0.25) is 4.40 Å². The van der Waals surface area contributed by atoms with Crippen molar-refractivity contribution in [3.05, 3.63) is 29.8 Å². The lowest BCUT2D eigenvalue weighted by Gasteiger charge is -1.91. The van der Waals surface area contributed by atoms with Gasteiger partial charge in [-0.05, 0) is 18.9 Å². The number of hydrogen-bond donors (Lipinski definition) is 0. The van der Waals surface area contributed by atoms with E-state index in [-0.39, 0.29) is 0 Å². The Labute approximate surface area is 70.1 Å². The van der Waals surface area contributed by atoms with Crippen LogP contribution in [0.1, 0.15) is 11.4 Å². The summed E-state index contributed by atoms with van der Waals surface area (Å²) in [5, 5.41) is 0. The van der Waals surface area contributed by atoms with Gasteiger partial charge < -0.3 is 0 Å². The third-order valence-corrected chi connectivity index (χ3v) is 1.78. The highest BCUT2D eigenvalue weighted by Gasteiger charge is 2.04. The predicted molar refractivity (Wildman–Crippen MR) is 45.7 cm³/mol. The lowest BCUT2D eigenvalue weighted by molar-refractivity contribution is 1.06. The average molecular weight is 157 g/mol. The van der Waals surface area contributed by atoms with Gasteiger partial charge in [0.15, 0.2) is 0 Å². The van der Waals surface area contributed by atoms with Crippen molar-refractivity contribution in [3.63, 3.8) is 0 Å². The Balaban J connectivity index is 2.90. The van der Waals surface area contributed by atoms with Gasteiger partial charge in [0, 0.05) is 12.4 Å². The van der Waals surface area contributed by atoms with Crippen LogP contribution in [0, 0.1) is 19.3 Å². The van der Waals surface area contributed by atoms with E-state index in [0.717, 1.165) is 5.69 Å². The maximum Gasteiger partial charge on any atom is 0.235 e. The Hall–Kier alpha value is -1.82. The fraction of sp³-hybridized carbons (Fsp3) is 0.111. The van der Waals surface area contributed by atoms with Crippen LogP contribution in [0.15, 0.2) is 18.5 Å². The summed E-state index contributed by atoms with van der Waals surface area (Å²) in [6.07, 6.45) is 8.85. The van der Waals surface area contributed by atoms with Crippen LogP contribution in [0.5, 0.6) is 0 Å². The van der Waals surface area contributed by atoms with Gasteiger partial charge in [-0.15, -0.1) is 6.42 Å². The van der Waals surface area contributed by atoms with Crippen LogP contribution in [0.3, 0.4) is 0 Å². The van der Waals surface area contributed by atoms with Crippen LogP contribution in [0.4, 0.5) is 0 Å². The van der Waals surface area contributed by atoms with E-state index >= 15 is 0 Å². The zero-order valence-electron chi connectivity index (χ0n) is 6.65. The topological polar surface area (TPSA) is 30.2 Å². The molecular formula is C9H7N3. The third-order valence-electron chi connectivity index (χ3n) is 1.78. The Morgan fingerprint density at radius 3 is 3.08 bits per heavy atom.